The zero-order valence-corrected chi connectivity index (χ0v) is 18.2. The van der Waals surface area contributed by atoms with Gasteiger partial charge in [0, 0.05) is 20.1 Å². The fourth-order valence-electron chi connectivity index (χ4n) is 3.16. The Labute approximate surface area is 173 Å². The van der Waals surface area contributed by atoms with Crippen molar-refractivity contribution in [3.8, 4) is 0 Å². The minimum Gasteiger partial charge on any atom is -0.349 e. The lowest BCUT2D eigenvalue weighted by atomic mass is 10.0. The van der Waals surface area contributed by atoms with E-state index >= 15 is 0 Å². The first-order valence-corrected chi connectivity index (χ1v) is 9.05. The molecule has 1 aliphatic rings. The number of nitrogens with one attached hydrogen (secondary N) is 1. The van der Waals surface area contributed by atoms with Crippen LogP contribution in [-0.4, -0.2) is 38.7 Å². The Morgan fingerprint density at radius 3 is 2.69 bits per heavy atom. The molecule has 1 fully saturated rings. The average molecular weight is 468 g/mol. The predicted octanol–water partition coefficient (Wildman–Crippen LogP) is 3.12. The number of piperidine rings is 1. The molecule has 0 radical (unpaired) electrons. The van der Waals surface area contributed by atoms with Crippen LogP contribution < -0.4 is 5.32 Å². The van der Waals surface area contributed by atoms with Crippen LogP contribution in [-0.2, 0) is 20.1 Å². The molecule has 0 amide bonds. The highest BCUT2D eigenvalue weighted by Crippen LogP contribution is 2.16. The molecule has 1 saturated heterocycles. The van der Waals surface area contributed by atoms with Gasteiger partial charge in [-0.1, -0.05) is 37.3 Å². The predicted molar refractivity (Wildman–Crippen MR) is 116 cm³/mol. The minimum absolute atomic E-state index is 0. The molecule has 1 aromatic carbocycles. The van der Waals surface area contributed by atoms with E-state index in [1.165, 1.54) is 18.4 Å². The summed E-state index contributed by atoms with van der Waals surface area (Å²) in [7, 11) is 2.00. The lowest BCUT2D eigenvalue weighted by Gasteiger charge is -2.33. The molecule has 0 aliphatic carbocycles. The van der Waals surface area contributed by atoms with E-state index in [1.54, 1.807) is 0 Å². The molecule has 0 spiro atoms. The number of rotatable bonds is 4. The van der Waals surface area contributed by atoms with Gasteiger partial charge in [0.1, 0.15) is 5.82 Å². The van der Waals surface area contributed by atoms with Gasteiger partial charge in [0.05, 0.1) is 13.1 Å². The third-order valence-electron chi connectivity index (χ3n) is 4.80. The van der Waals surface area contributed by atoms with Crippen LogP contribution in [0.3, 0.4) is 0 Å². The third kappa shape index (κ3) is 5.43. The molecule has 1 N–H and O–H groups in total. The zero-order chi connectivity index (χ0) is 17.6. The third-order valence-corrected chi connectivity index (χ3v) is 4.80. The highest BCUT2D eigenvalue weighted by molar-refractivity contribution is 14.0. The highest BCUT2D eigenvalue weighted by Gasteiger charge is 2.20. The highest BCUT2D eigenvalue weighted by atomic mass is 127. The van der Waals surface area contributed by atoms with Crippen molar-refractivity contribution in [3.05, 3.63) is 47.5 Å². The summed E-state index contributed by atoms with van der Waals surface area (Å²) in [5.74, 6) is 3.52. The van der Waals surface area contributed by atoms with Crippen LogP contribution >= 0.6 is 24.0 Å². The summed E-state index contributed by atoms with van der Waals surface area (Å²) in [6, 6.07) is 10.4. The number of aliphatic imine (C=N–C) groups is 1. The largest absolute Gasteiger partial charge is 0.349 e. The summed E-state index contributed by atoms with van der Waals surface area (Å²) in [6.45, 7) is 7.71. The molecule has 1 aliphatic heterocycles. The number of aryl methyl sites for hydroxylation is 1. The average Bonchev–Trinajstić information content (AvgIpc) is 2.95. The molecule has 6 nitrogen and oxygen atoms in total. The number of hydrogen-bond acceptors (Lipinski definition) is 3. The second-order valence-corrected chi connectivity index (χ2v) is 6.89. The van der Waals surface area contributed by atoms with Crippen molar-refractivity contribution in [2.75, 3.05) is 13.1 Å². The van der Waals surface area contributed by atoms with E-state index in [4.69, 9.17) is 4.99 Å². The monoisotopic (exact) mass is 468 g/mol. The van der Waals surface area contributed by atoms with Gasteiger partial charge in [-0.3, -0.25) is 0 Å². The first kappa shape index (κ1) is 20.7. The molecular formula is C19H29IN6. The summed E-state index contributed by atoms with van der Waals surface area (Å²) in [4.78, 5) is 7.25. The number of benzene rings is 1. The van der Waals surface area contributed by atoms with E-state index in [0.717, 1.165) is 30.7 Å². The van der Waals surface area contributed by atoms with Crippen molar-refractivity contribution < 1.29 is 0 Å². The molecule has 0 saturated carbocycles. The Balaban J connectivity index is 0.00000243. The van der Waals surface area contributed by atoms with Crippen molar-refractivity contribution in [1.29, 1.82) is 0 Å². The number of aromatic nitrogens is 3. The van der Waals surface area contributed by atoms with Crippen LogP contribution in [0.5, 0.6) is 0 Å². The molecule has 1 atom stereocenters. The summed E-state index contributed by atoms with van der Waals surface area (Å²) >= 11 is 0. The number of guanidine groups is 1. The molecule has 3 rings (SSSR count). The van der Waals surface area contributed by atoms with Gasteiger partial charge in [0.2, 0.25) is 0 Å². The second kappa shape index (κ2) is 9.89. The van der Waals surface area contributed by atoms with Gasteiger partial charge in [0.25, 0.3) is 0 Å². The maximum atomic E-state index is 4.88. The number of nitrogens with zero attached hydrogens (tertiary/aromatic N) is 5. The van der Waals surface area contributed by atoms with Crippen molar-refractivity contribution in [3.63, 3.8) is 0 Å². The van der Waals surface area contributed by atoms with Crippen LogP contribution in [0.1, 0.15) is 37.0 Å². The van der Waals surface area contributed by atoms with Crippen LogP contribution in [0, 0.1) is 12.8 Å². The van der Waals surface area contributed by atoms with Gasteiger partial charge in [-0.15, -0.1) is 34.2 Å². The molecule has 26 heavy (non-hydrogen) atoms. The summed E-state index contributed by atoms with van der Waals surface area (Å²) in [5, 5.41) is 11.9. The van der Waals surface area contributed by atoms with Crippen molar-refractivity contribution in [1.82, 2.24) is 25.0 Å². The lowest BCUT2D eigenvalue weighted by Crippen LogP contribution is -2.46. The maximum absolute atomic E-state index is 4.88. The number of halogens is 1. The van der Waals surface area contributed by atoms with Crippen LogP contribution in [0.2, 0.25) is 0 Å². The van der Waals surface area contributed by atoms with Gasteiger partial charge in [-0.2, -0.15) is 0 Å². The van der Waals surface area contributed by atoms with Crippen LogP contribution in [0.25, 0.3) is 0 Å². The molecule has 2 aromatic rings. The van der Waals surface area contributed by atoms with E-state index < -0.39 is 0 Å². The molecule has 7 heteroatoms. The number of likely N-dealkylation sites (tertiary alicyclic amines) is 1. The second-order valence-electron chi connectivity index (χ2n) is 6.89. The van der Waals surface area contributed by atoms with E-state index in [-0.39, 0.29) is 24.0 Å². The quantitative estimate of drug-likeness (QED) is 0.426. The van der Waals surface area contributed by atoms with Gasteiger partial charge in [-0.25, -0.2) is 4.99 Å². The molecular weight excluding hydrogens is 439 g/mol. The normalized spacial score (nSPS) is 17.7. The van der Waals surface area contributed by atoms with Gasteiger partial charge in [-0.05, 0) is 31.2 Å². The SMILES string of the molecule is Cc1nnc(CNC(=NCc2ccccc2)N2CCCC(C)C2)n1C.I. The summed E-state index contributed by atoms with van der Waals surface area (Å²) in [5.41, 5.74) is 1.22. The van der Waals surface area contributed by atoms with Crippen LogP contribution in [0.15, 0.2) is 35.3 Å². The molecule has 1 unspecified atom stereocenters. The zero-order valence-electron chi connectivity index (χ0n) is 15.9. The molecule has 142 valence electrons. The molecule has 1 aromatic heterocycles. The van der Waals surface area contributed by atoms with E-state index in [0.29, 0.717) is 19.0 Å². The number of hydrogen-bond donors (Lipinski definition) is 1. The standard InChI is InChI=1S/C19H28N6.HI/c1-15-8-7-11-25(14-15)19(20-12-17-9-5-4-6-10-17)21-13-18-23-22-16(2)24(18)3;/h4-6,9-10,15H,7-8,11-14H2,1-3H3,(H,20,21);1H. The van der Waals surface area contributed by atoms with Gasteiger partial charge >= 0.3 is 0 Å². The van der Waals surface area contributed by atoms with Gasteiger partial charge < -0.3 is 14.8 Å². The van der Waals surface area contributed by atoms with Crippen molar-refractivity contribution >= 4 is 29.9 Å². The topological polar surface area (TPSA) is 58.3 Å². The Kier molecular flexibility index (Phi) is 7.86. The Morgan fingerprint density at radius 1 is 1.27 bits per heavy atom. The Hall–Kier alpha value is -1.64. The maximum Gasteiger partial charge on any atom is 0.194 e. The molecule has 0 bridgehead atoms. The van der Waals surface area contributed by atoms with E-state index in [2.05, 4.69) is 51.6 Å². The fraction of sp³-hybridized carbons (Fsp3) is 0.526. The van der Waals surface area contributed by atoms with Crippen molar-refractivity contribution in [2.24, 2.45) is 18.0 Å². The van der Waals surface area contributed by atoms with Crippen molar-refractivity contribution in [2.45, 2.75) is 39.8 Å². The van der Waals surface area contributed by atoms with Gasteiger partial charge in [0.15, 0.2) is 11.8 Å². The lowest BCUT2D eigenvalue weighted by molar-refractivity contribution is 0.265. The summed E-state index contributed by atoms with van der Waals surface area (Å²) in [6.07, 6.45) is 2.52. The van der Waals surface area contributed by atoms with E-state index in [9.17, 15) is 0 Å². The fourth-order valence-corrected chi connectivity index (χ4v) is 3.16. The van der Waals surface area contributed by atoms with Crippen LogP contribution in [0.4, 0.5) is 0 Å². The summed E-state index contributed by atoms with van der Waals surface area (Å²) < 4.78 is 2.01. The first-order valence-electron chi connectivity index (χ1n) is 9.05. The first-order chi connectivity index (χ1) is 12.1. The smallest absolute Gasteiger partial charge is 0.194 e. The Morgan fingerprint density at radius 2 is 2.04 bits per heavy atom. The minimum atomic E-state index is 0. The Bertz CT molecular complexity index is 712. The van der Waals surface area contributed by atoms with E-state index in [1.807, 2.05) is 24.6 Å². The molecule has 2 heterocycles.